The molecule has 0 aliphatic carbocycles. The van der Waals surface area contributed by atoms with Gasteiger partial charge in [-0.15, -0.1) is 0 Å². The van der Waals surface area contributed by atoms with Crippen molar-refractivity contribution in [2.24, 2.45) is 0 Å². The molecule has 0 aromatic heterocycles. The molecule has 2 aromatic carbocycles. The van der Waals surface area contributed by atoms with Gasteiger partial charge in [-0.05, 0) is 49.1 Å². The van der Waals surface area contributed by atoms with Crippen molar-refractivity contribution >= 4 is 0 Å². The second-order valence-electron chi connectivity index (χ2n) is 7.05. The van der Waals surface area contributed by atoms with Gasteiger partial charge in [0.1, 0.15) is 11.6 Å². The lowest BCUT2D eigenvalue weighted by Gasteiger charge is -2.41. The molecule has 2 aromatic rings. The first kappa shape index (κ1) is 21.2. The molecular weight excluding hydrogens is 360 g/mol. The largest absolute Gasteiger partial charge is 0.496 e. The van der Waals surface area contributed by atoms with Gasteiger partial charge in [0.15, 0.2) is 5.60 Å². The Morgan fingerprint density at radius 2 is 1.67 bits per heavy atom. The number of aliphatic hydroxyl groups is 1. The first-order valence-corrected chi connectivity index (χ1v) is 8.68. The molecule has 1 N–H and O–H groups in total. The van der Waals surface area contributed by atoms with Gasteiger partial charge in [0.05, 0.1) is 7.11 Å². The highest BCUT2D eigenvalue weighted by Gasteiger charge is 2.56. The van der Waals surface area contributed by atoms with Gasteiger partial charge in [0, 0.05) is 11.0 Å². The van der Waals surface area contributed by atoms with Gasteiger partial charge >= 0.3 is 6.18 Å². The summed E-state index contributed by atoms with van der Waals surface area (Å²) in [7, 11) is 1.38. The Hall–Kier alpha value is -2.08. The lowest BCUT2D eigenvalue weighted by Crippen LogP contribution is -2.49. The van der Waals surface area contributed by atoms with Gasteiger partial charge in [-0.3, -0.25) is 0 Å². The molecule has 0 radical (unpaired) electrons. The van der Waals surface area contributed by atoms with Gasteiger partial charge in [-0.2, -0.15) is 13.2 Å². The van der Waals surface area contributed by atoms with Crippen LogP contribution in [0.2, 0.25) is 0 Å². The highest BCUT2D eigenvalue weighted by molar-refractivity contribution is 5.49. The number of alkyl halides is 3. The van der Waals surface area contributed by atoms with E-state index in [1.54, 1.807) is 38.1 Å². The molecule has 0 bridgehead atoms. The Morgan fingerprint density at radius 1 is 1.04 bits per heavy atom. The van der Waals surface area contributed by atoms with E-state index in [0.29, 0.717) is 5.56 Å². The summed E-state index contributed by atoms with van der Waals surface area (Å²) in [6.45, 7) is 4.64. The molecule has 2 rings (SSSR count). The molecule has 2 nitrogen and oxygen atoms in total. The molecule has 2 unspecified atom stereocenters. The summed E-state index contributed by atoms with van der Waals surface area (Å²) in [5.41, 5.74) is -2.69. The molecule has 0 saturated carbocycles. The van der Waals surface area contributed by atoms with Gasteiger partial charge in [-0.25, -0.2) is 4.39 Å². The summed E-state index contributed by atoms with van der Waals surface area (Å²) in [5.74, 6) is -0.319. The minimum Gasteiger partial charge on any atom is -0.496 e. The molecule has 0 aliphatic heterocycles. The van der Waals surface area contributed by atoms with Crippen LogP contribution in [0.1, 0.15) is 43.4 Å². The predicted molar refractivity (Wildman–Crippen MR) is 96.5 cm³/mol. The second-order valence-corrected chi connectivity index (χ2v) is 7.05. The van der Waals surface area contributed by atoms with Crippen LogP contribution in [0.3, 0.4) is 0 Å². The first-order chi connectivity index (χ1) is 12.5. The first-order valence-electron chi connectivity index (χ1n) is 8.68. The Kier molecular flexibility index (Phi) is 5.90. The van der Waals surface area contributed by atoms with Crippen LogP contribution in [0.4, 0.5) is 17.6 Å². The molecule has 148 valence electrons. The smallest absolute Gasteiger partial charge is 0.417 e. The summed E-state index contributed by atoms with van der Waals surface area (Å²) in [6.07, 6.45) is -6.01. The molecule has 27 heavy (non-hydrogen) atoms. The minimum atomic E-state index is -4.83. The van der Waals surface area contributed by atoms with Gasteiger partial charge in [-0.1, -0.05) is 38.1 Å². The van der Waals surface area contributed by atoms with Crippen LogP contribution in [0.15, 0.2) is 42.5 Å². The van der Waals surface area contributed by atoms with Crippen molar-refractivity contribution in [3.8, 4) is 5.75 Å². The van der Waals surface area contributed by atoms with Crippen LogP contribution >= 0.6 is 0 Å². The number of halogens is 4. The monoisotopic (exact) mass is 384 g/mol. The lowest BCUT2D eigenvalue weighted by atomic mass is 9.67. The number of hydrogen-bond donors (Lipinski definition) is 1. The molecule has 0 aliphatic rings. The molecule has 0 heterocycles. The summed E-state index contributed by atoms with van der Waals surface area (Å²) < 4.78 is 60.4. The van der Waals surface area contributed by atoms with Crippen LogP contribution in [0.5, 0.6) is 5.75 Å². The topological polar surface area (TPSA) is 29.5 Å². The summed E-state index contributed by atoms with van der Waals surface area (Å²) in [6, 6.07) is 10.7. The van der Waals surface area contributed by atoms with Gasteiger partial charge in [0.2, 0.25) is 0 Å². The molecule has 0 fully saturated rings. The predicted octanol–water partition coefficient (Wildman–Crippen LogP) is 5.54. The van der Waals surface area contributed by atoms with E-state index >= 15 is 0 Å². The fraction of sp³-hybridized carbons (Fsp3) is 0.429. The van der Waals surface area contributed by atoms with E-state index in [-0.39, 0.29) is 11.3 Å². The number of hydrogen-bond acceptors (Lipinski definition) is 2. The molecule has 0 amide bonds. The second kappa shape index (κ2) is 7.50. The Balaban J connectivity index is 2.79. The normalized spacial score (nSPS) is 16.5. The molecular formula is C21H24F4O2. The third-order valence-corrected chi connectivity index (χ3v) is 5.25. The van der Waals surface area contributed by atoms with Crippen molar-refractivity contribution in [2.75, 3.05) is 7.11 Å². The van der Waals surface area contributed by atoms with E-state index in [0.717, 1.165) is 5.56 Å². The third-order valence-electron chi connectivity index (χ3n) is 5.25. The fourth-order valence-corrected chi connectivity index (χ4v) is 3.65. The maximum atomic E-state index is 14.0. The SMILES string of the molecule is CCC(O)(CC(C)(c1ccccc1C)c1cc(F)ccc1OC)C(F)(F)F. The summed E-state index contributed by atoms with van der Waals surface area (Å²) in [4.78, 5) is 0. The van der Waals surface area contributed by atoms with Crippen molar-refractivity contribution in [2.45, 2.75) is 50.8 Å². The number of benzene rings is 2. The van der Waals surface area contributed by atoms with Gasteiger partial charge < -0.3 is 9.84 Å². The highest BCUT2D eigenvalue weighted by atomic mass is 19.4. The van der Waals surface area contributed by atoms with Crippen LogP contribution < -0.4 is 4.74 Å². The number of aryl methyl sites for hydroxylation is 1. The van der Waals surface area contributed by atoms with Crippen LogP contribution in [0, 0.1) is 12.7 Å². The zero-order valence-corrected chi connectivity index (χ0v) is 15.8. The Labute approximate surface area is 156 Å². The van der Waals surface area contributed by atoms with E-state index in [4.69, 9.17) is 4.74 Å². The van der Waals surface area contributed by atoms with Crippen molar-refractivity contribution in [3.63, 3.8) is 0 Å². The average Bonchev–Trinajstić information content (AvgIpc) is 2.60. The number of methoxy groups -OCH3 is 1. The van der Waals surface area contributed by atoms with Gasteiger partial charge in [0.25, 0.3) is 0 Å². The molecule has 6 heteroatoms. The zero-order chi connectivity index (χ0) is 20.5. The zero-order valence-electron chi connectivity index (χ0n) is 15.8. The Morgan fingerprint density at radius 3 is 2.19 bits per heavy atom. The van der Waals surface area contributed by atoms with Crippen LogP contribution in [0.25, 0.3) is 0 Å². The van der Waals surface area contributed by atoms with E-state index in [1.807, 2.05) is 0 Å². The van der Waals surface area contributed by atoms with Crippen molar-refractivity contribution in [1.29, 1.82) is 0 Å². The van der Waals surface area contributed by atoms with E-state index in [1.165, 1.54) is 32.2 Å². The summed E-state index contributed by atoms with van der Waals surface area (Å²) >= 11 is 0. The van der Waals surface area contributed by atoms with Crippen molar-refractivity contribution in [3.05, 3.63) is 65.0 Å². The highest BCUT2D eigenvalue weighted by Crippen LogP contribution is 2.49. The summed E-state index contributed by atoms with van der Waals surface area (Å²) in [5, 5.41) is 10.5. The van der Waals surface area contributed by atoms with E-state index < -0.39 is 35.9 Å². The minimum absolute atomic E-state index is 0.260. The van der Waals surface area contributed by atoms with E-state index in [9.17, 15) is 22.7 Å². The maximum absolute atomic E-state index is 14.0. The van der Waals surface area contributed by atoms with E-state index in [2.05, 4.69) is 0 Å². The third kappa shape index (κ3) is 3.95. The van der Waals surface area contributed by atoms with Crippen molar-refractivity contribution < 1.29 is 27.4 Å². The lowest BCUT2D eigenvalue weighted by molar-refractivity contribution is -0.267. The maximum Gasteiger partial charge on any atom is 0.417 e. The number of ether oxygens (including phenoxy) is 1. The Bertz CT molecular complexity index is 803. The quantitative estimate of drug-likeness (QED) is 0.663. The molecule has 0 spiro atoms. The number of rotatable bonds is 6. The standard InChI is InChI=1S/C21H24F4O2/c1-5-20(26,21(23,24)25)13-19(3,16-9-7-6-8-14(16)2)17-12-15(22)10-11-18(17)27-4/h6-12,26H,5,13H2,1-4H3. The molecule has 2 atom stereocenters. The average molecular weight is 384 g/mol. The fourth-order valence-electron chi connectivity index (χ4n) is 3.65. The van der Waals surface area contributed by atoms with Crippen LogP contribution in [-0.4, -0.2) is 24.0 Å². The molecule has 0 saturated heterocycles. The van der Waals surface area contributed by atoms with Crippen LogP contribution in [-0.2, 0) is 5.41 Å². The van der Waals surface area contributed by atoms with Crippen molar-refractivity contribution in [1.82, 2.24) is 0 Å².